The second-order valence-corrected chi connectivity index (χ2v) is 4.91. The van der Waals surface area contributed by atoms with E-state index in [2.05, 4.69) is 5.32 Å². The summed E-state index contributed by atoms with van der Waals surface area (Å²) in [7, 11) is 0. The molecule has 0 radical (unpaired) electrons. The molecule has 23 heavy (non-hydrogen) atoms. The smallest absolute Gasteiger partial charge is 0.330 e. The first-order chi connectivity index (χ1) is 10.9. The lowest BCUT2D eigenvalue weighted by Crippen LogP contribution is -2.33. The van der Waals surface area contributed by atoms with Gasteiger partial charge in [-0.1, -0.05) is 36.4 Å². The topological polar surface area (TPSA) is 110 Å². The van der Waals surface area contributed by atoms with Gasteiger partial charge in [0.2, 0.25) is 0 Å². The van der Waals surface area contributed by atoms with Crippen molar-refractivity contribution in [2.75, 3.05) is 0 Å². The van der Waals surface area contributed by atoms with Gasteiger partial charge in [-0.15, -0.1) is 0 Å². The third-order valence-corrected chi connectivity index (χ3v) is 3.32. The molecule has 0 aliphatic rings. The van der Waals surface area contributed by atoms with Gasteiger partial charge in [-0.2, -0.15) is 0 Å². The van der Waals surface area contributed by atoms with Crippen LogP contribution in [0.3, 0.4) is 0 Å². The Kier molecular flexibility index (Phi) is 4.70. The maximum absolute atomic E-state index is 12.2. The van der Waals surface area contributed by atoms with Crippen molar-refractivity contribution >= 4 is 17.6 Å². The zero-order valence-electron chi connectivity index (χ0n) is 12.2. The van der Waals surface area contributed by atoms with Crippen LogP contribution in [-0.4, -0.2) is 21.9 Å². The summed E-state index contributed by atoms with van der Waals surface area (Å²) in [6, 6.07) is 11.0. The van der Waals surface area contributed by atoms with Crippen LogP contribution in [0.5, 0.6) is 0 Å². The Labute approximate surface area is 131 Å². The summed E-state index contributed by atoms with van der Waals surface area (Å²) in [5, 5.41) is 22.6. The van der Waals surface area contributed by atoms with Gasteiger partial charge in [0, 0.05) is 17.2 Å². The first-order valence-electron chi connectivity index (χ1n) is 6.74. The molecule has 7 heteroatoms. The van der Waals surface area contributed by atoms with E-state index in [4.69, 9.17) is 0 Å². The summed E-state index contributed by atoms with van der Waals surface area (Å²) < 4.78 is 0. The number of carboxylic acids is 1. The lowest BCUT2D eigenvalue weighted by molar-refractivity contribution is -0.385. The van der Waals surface area contributed by atoms with Gasteiger partial charge >= 0.3 is 5.97 Å². The molecule has 0 heterocycles. The average Bonchev–Trinajstić information content (AvgIpc) is 2.53. The van der Waals surface area contributed by atoms with Crippen molar-refractivity contribution < 1.29 is 19.6 Å². The van der Waals surface area contributed by atoms with Gasteiger partial charge in [0.1, 0.15) is 0 Å². The third-order valence-electron chi connectivity index (χ3n) is 3.32. The van der Waals surface area contributed by atoms with Crippen LogP contribution in [0.1, 0.15) is 27.5 Å². The van der Waals surface area contributed by atoms with Crippen molar-refractivity contribution in [3.05, 3.63) is 75.3 Å². The van der Waals surface area contributed by atoms with Gasteiger partial charge in [-0.05, 0) is 18.6 Å². The summed E-state index contributed by atoms with van der Waals surface area (Å²) in [6.07, 6.45) is 0. The molecular formula is C16H14N2O5. The molecule has 118 valence electrons. The van der Waals surface area contributed by atoms with E-state index < -0.39 is 22.8 Å². The molecule has 1 amide bonds. The molecule has 2 rings (SSSR count). The molecule has 7 nitrogen and oxygen atoms in total. The number of rotatable bonds is 5. The molecule has 0 aliphatic carbocycles. The molecule has 0 saturated carbocycles. The van der Waals surface area contributed by atoms with Gasteiger partial charge in [-0.25, -0.2) is 4.79 Å². The number of hydrogen-bond acceptors (Lipinski definition) is 4. The maximum atomic E-state index is 12.2. The molecule has 0 bridgehead atoms. The van der Waals surface area contributed by atoms with E-state index in [1.165, 1.54) is 12.1 Å². The van der Waals surface area contributed by atoms with Gasteiger partial charge in [0.05, 0.1) is 4.92 Å². The van der Waals surface area contributed by atoms with Crippen molar-refractivity contribution in [1.29, 1.82) is 0 Å². The fraction of sp³-hybridized carbons (Fsp3) is 0.125. The van der Waals surface area contributed by atoms with Gasteiger partial charge < -0.3 is 10.4 Å². The Morgan fingerprint density at radius 1 is 1.17 bits per heavy atom. The van der Waals surface area contributed by atoms with E-state index in [1.54, 1.807) is 37.3 Å². The summed E-state index contributed by atoms with van der Waals surface area (Å²) in [5.74, 6) is -1.91. The number of nitro benzene ring substituents is 1. The molecule has 1 atom stereocenters. The minimum absolute atomic E-state index is 0.0319. The van der Waals surface area contributed by atoms with Crippen LogP contribution in [0.2, 0.25) is 0 Å². The number of nitrogens with zero attached hydrogens (tertiary/aromatic N) is 1. The molecule has 0 aliphatic heterocycles. The van der Waals surface area contributed by atoms with Gasteiger partial charge in [-0.3, -0.25) is 14.9 Å². The molecule has 2 aromatic carbocycles. The Balaban J connectivity index is 2.28. The number of nitrogens with one attached hydrogen (secondary N) is 1. The second-order valence-electron chi connectivity index (χ2n) is 4.91. The lowest BCUT2D eigenvalue weighted by Gasteiger charge is -2.15. The van der Waals surface area contributed by atoms with Crippen LogP contribution in [0, 0.1) is 17.0 Å². The predicted octanol–water partition coefficient (Wildman–Crippen LogP) is 2.46. The van der Waals surface area contributed by atoms with Crippen LogP contribution in [-0.2, 0) is 4.79 Å². The monoisotopic (exact) mass is 314 g/mol. The second kappa shape index (κ2) is 6.69. The highest BCUT2D eigenvalue weighted by molar-refractivity contribution is 5.97. The molecule has 1 unspecified atom stereocenters. The van der Waals surface area contributed by atoms with Gasteiger partial charge in [0.25, 0.3) is 11.6 Å². The highest BCUT2D eigenvalue weighted by atomic mass is 16.6. The quantitative estimate of drug-likeness (QED) is 0.650. The van der Waals surface area contributed by atoms with E-state index >= 15 is 0 Å². The number of benzene rings is 2. The number of amides is 1. The van der Waals surface area contributed by atoms with E-state index in [0.717, 1.165) is 6.07 Å². The highest BCUT2D eigenvalue weighted by Gasteiger charge is 2.23. The number of carboxylic acid groups (broad SMARTS) is 1. The zero-order chi connectivity index (χ0) is 17.0. The lowest BCUT2D eigenvalue weighted by atomic mass is 10.1. The van der Waals surface area contributed by atoms with E-state index in [-0.39, 0.29) is 11.3 Å². The fourth-order valence-corrected chi connectivity index (χ4v) is 2.09. The summed E-state index contributed by atoms with van der Waals surface area (Å²) in [6.45, 7) is 1.56. The summed E-state index contributed by atoms with van der Waals surface area (Å²) in [4.78, 5) is 33.9. The average molecular weight is 314 g/mol. The third kappa shape index (κ3) is 3.70. The molecule has 0 fully saturated rings. The molecular weight excluding hydrogens is 300 g/mol. The number of carbonyl (C=O) groups is 2. The number of hydrogen-bond donors (Lipinski definition) is 2. The van der Waals surface area contributed by atoms with E-state index in [0.29, 0.717) is 11.1 Å². The fourth-order valence-electron chi connectivity index (χ4n) is 2.09. The molecule has 2 N–H and O–H groups in total. The first-order valence-corrected chi connectivity index (χ1v) is 6.74. The number of aliphatic carboxylic acids is 1. The minimum atomic E-state index is -1.23. The van der Waals surface area contributed by atoms with Crippen molar-refractivity contribution in [1.82, 2.24) is 5.32 Å². The zero-order valence-corrected chi connectivity index (χ0v) is 12.2. The van der Waals surface area contributed by atoms with Crippen LogP contribution >= 0.6 is 0 Å². The number of aryl methyl sites for hydroxylation is 1. The predicted molar refractivity (Wildman–Crippen MR) is 82.1 cm³/mol. The van der Waals surface area contributed by atoms with Crippen molar-refractivity contribution in [3.63, 3.8) is 0 Å². The van der Waals surface area contributed by atoms with Crippen LogP contribution in [0.4, 0.5) is 5.69 Å². The Morgan fingerprint density at radius 3 is 2.39 bits per heavy atom. The standard InChI is InChI=1S/C16H14N2O5/c1-10-7-8-12(9-13(10)18(22)23)15(19)17-14(16(20)21)11-5-3-2-4-6-11/h2-9,14H,1H3,(H,17,19)(H,20,21). The Bertz CT molecular complexity index is 758. The van der Waals surface area contributed by atoms with Crippen LogP contribution < -0.4 is 5.32 Å². The molecule has 0 saturated heterocycles. The highest BCUT2D eigenvalue weighted by Crippen LogP contribution is 2.20. The Hall–Kier alpha value is -3.22. The van der Waals surface area contributed by atoms with E-state index in [1.807, 2.05) is 0 Å². The molecule has 2 aromatic rings. The number of carbonyl (C=O) groups excluding carboxylic acids is 1. The van der Waals surface area contributed by atoms with Gasteiger partial charge in [0.15, 0.2) is 6.04 Å². The molecule has 0 aromatic heterocycles. The first kappa shape index (κ1) is 16.2. The number of nitro groups is 1. The summed E-state index contributed by atoms with van der Waals surface area (Å²) >= 11 is 0. The van der Waals surface area contributed by atoms with Crippen molar-refractivity contribution in [2.45, 2.75) is 13.0 Å². The van der Waals surface area contributed by atoms with Crippen LogP contribution in [0.15, 0.2) is 48.5 Å². The molecule has 0 spiro atoms. The van der Waals surface area contributed by atoms with E-state index in [9.17, 15) is 24.8 Å². The van der Waals surface area contributed by atoms with Crippen LogP contribution in [0.25, 0.3) is 0 Å². The normalized spacial score (nSPS) is 11.5. The van der Waals surface area contributed by atoms with Crippen molar-refractivity contribution in [2.24, 2.45) is 0 Å². The summed E-state index contributed by atoms with van der Waals surface area (Å²) in [5.41, 5.74) is 0.674. The minimum Gasteiger partial charge on any atom is -0.479 e. The van der Waals surface area contributed by atoms with Crippen molar-refractivity contribution in [3.8, 4) is 0 Å². The SMILES string of the molecule is Cc1ccc(C(=O)NC(C(=O)O)c2ccccc2)cc1[N+](=O)[O-]. The largest absolute Gasteiger partial charge is 0.479 e. The maximum Gasteiger partial charge on any atom is 0.330 e. The Morgan fingerprint density at radius 2 is 1.83 bits per heavy atom.